The summed E-state index contributed by atoms with van der Waals surface area (Å²) in [5.41, 5.74) is 2.91. The average Bonchev–Trinajstić information content (AvgIpc) is 3.71. The molecule has 2 aromatic heterocycles. The maximum Gasteiger partial charge on any atom is 0.389 e. The molecule has 2 amide bonds. The van der Waals surface area contributed by atoms with Crippen molar-refractivity contribution in [3.05, 3.63) is 65.1 Å². The van der Waals surface area contributed by atoms with Gasteiger partial charge in [-0.1, -0.05) is 25.1 Å². The topological polar surface area (TPSA) is 88.4 Å². The van der Waals surface area contributed by atoms with Crippen LogP contribution >= 0.6 is 0 Å². The fourth-order valence-electron chi connectivity index (χ4n) is 5.73. The first-order chi connectivity index (χ1) is 19.9. The number of nitrogens with zero attached hydrogens (tertiary/aromatic N) is 3. The molecule has 3 aromatic rings. The van der Waals surface area contributed by atoms with Crippen LogP contribution in [-0.4, -0.2) is 38.5 Å². The molecule has 2 heterocycles. The lowest BCUT2D eigenvalue weighted by atomic mass is 9.81. The van der Waals surface area contributed by atoms with Crippen LogP contribution in [0.2, 0.25) is 0 Å². The van der Waals surface area contributed by atoms with Gasteiger partial charge >= 0.3 is 6.18 Å². The van der Waals surface area contributed by atoms with Gasteiger partial charge in [-0.15, -0.1) is 0 Å². The fraction of sp³-hybridized carbons (Fsp3) is 0.533. The van der Waals surface area contributed by atoms with Crippen molar-refractivity contribution in [3.63, 3.8) is 0 Å². The lowest BCUT2D eigenvalue weighted by Crippen LogP contribution is -2.37. The standard InChI is InChI=1S/C30H34F5N5O2/c1-2-18-5-3-4-6-22(18)28(42)39-27(20-9-12-29(31,32)13-10-20)23-17-40-24(37-23)15-21(16-36-40)26(19-7-8-19)38-25(41)11-14-30(33,34)35/h3-6,15-17,19-20,26-27H,2,7-14H2,1H3,(H,38,41)(H,39,42)/t26?,27-/m0/s1. The summed E-state index contributed by atoms with van der Waals surface area (Å²) in [5.74, 6) is -3.90. The van der Waals surface area contributed by atoms with Gasteiger partial charge in [0.1, 0.15) is 0 Å². The lowest BCUT2D eigenvalue weighted by Gasteiger charge is -2.33. The molecular formula is C30H34F5N5O2. The smallest absolute Gasteiger partial charge is 0.349 e. The molecule has 2 N–H and O–H groups in total. The Kier molecular flexibility index (Phi) is 8.52. The predicted octanol–water partition coefficient (Wildman–Crippen LogP) is 6.50. The summed E-state index contributed by atoms with van der Waals surface area (Å²) in [6.45, 7) is 1.95. The zero-order valence-electron chi connectivity index (χ0n) is 23.3. The quantitative estimate of drug-likeness (QED) is 0.264. The molecule has 2 aliphatic rings. The Hall–Kier alpha value is -3.57. The highest BCUT2D eigenvalue weighted by Crippen LogP contribution is 2.43. The molecule has 2 atom stereocenters. The Balaban J connectivity index is 1.41. The second-order valence-electron chi connectivity index (χ2n) is 11.4. The van der Waals surface area contributed by atoms with E-state index in [0.717, 1.165) is 18.4 Å². The highest BCUT2D eigenvalue weighted by Gasteiger charge is 2.40. The second kappa shape index (κ2) is 12.0. The Bertz CT molecular complexity index is 1420. The fourth-order valence-corrected chi connectivity index (χ4v) is 5.73. The molecule has 2 saturated carbocycles. The summed E-state index contributed by atoms with van der Waals surface area (Å²) in [7, 11) is 0. The van der Waals surface area contributed by atoms with E-state index in [4.69, 9.17) is 4.98 Å². The zero-order valence-corrected chi connectivity index (χ0v) is 23.3. The van der Waals surface area contributed by atoms with E-state index < -0.39 is 42.9 Å². The summed E-state index contributed by atoms with van der Waals surface area (Å²) in [6, 6.07) is 7.84. The van der Waals surface area contributed by atoms with Gasteiger partial charge in [0.2, 0.25) is 11.8 Å². The highest BCUT2D eigenvalue weighted by molar-refractivity contribution is 5.96. The number of benzene rings is 1. The van der Waals surface area contributed by atoms with E-state index >= 15 is 0 Å². The van der Waals surface area contributed by atoms with Crippen LogP contribution in [0, 0.1) is 11.8 Å². The maximum absolute atomic E-state index is 14.0. The number of imidazole rings is 1. The summed E-state index contributed by atoms with van der Waals surface area (Å²) in [6.07, 6.45) is -0.860. The van der Waals surface area contributed by atoms with Crippen LogP contribution < -0.4 is 10.6 Å². The summed E-state index contributed by atoms with van der Waals surface area (Å²) < 4.78 is 67.4. The van der Waals surface area contributed by atoms with E-state index in [9.17, 15) is 31.5 Å². The largest absolute Gasteiger partial charge is 0.389 e. The molecule has 7 nitrogen and oxygen atoms in total. The molecule has 1 unspecified atom stereocenters. The second-order valence-corrected chi connectivity index (χ2v) is 11.4. The van der Waals surface area contributed by atoms with Gasteiger partial charge in [-0.2, -0.15) is 18.3 Å². The number of aryl methyl sites for hydroxylation is 1. The average molecular weight is 592 g/mol. The SMILES string of the molecule is CCc1ccccc1C(=O)N[C@H](c1cn2ncc(C(NC(=O)CCC(F)(F)F)C3CC3)cc2n1)C1CCC(F)(F)CC1. The third-order valence-electron chi connectivity index (χ3n) is 8.25. The Morgan fingerprint density at radius 3 is 2.40 bits per heavy atom. The number of hydrogen-bond donors (Lipinski definition) is 2. The van der Waals surface area contributed by atoms with Crippen molar-refractivity contribution in [3.8, 4) is 0 Å². The molecule has 0 aliphatic heterocycles. The molecule has 5 rings (SSSR count). The highest BCUT2D eigenvalue weighted by atomic mass is 19.4. The van der Waals surface area contributed by atoms with E-state index in [2.05, 4.69) is 15.7 Å². The van der Waals surface area contributed by atoms with E-state index in [-0.39, 0.29) is 43.4 Å². The maximum atomic E-state index is 14.0. The Morgan fingerprint density at radius 1 is 1.05 bits per heavy atom. The first-order valence-corrected chi connectivity index (χ1v) is 14.4. The first-order valence-electron chi connectivity index (χ1n) is 14.4. The molecule has 0 saturated heterocycles. The van der Waals surface area contributed by atoms with Gasteiger partial charge < -0.3 is 10.6 Å². The van der Waals surface area contributed by atoms with Gasteiger partial charge in [-0.3, -0.25) is 9.59 Å². The third kappa shape index (κ3) is 7.25. The monoisotopic (exact) mass is 591 g/mol. The number of nitrogens with one attached hydrogen (secondary N) is 2. The Labute approximate surface area is 240 Å². The van der Waals surface area contributed by atoms with E-state index in [0.29, 0.717) is 28.9 Å². The summed E-state index contributed by atoms with van der Waals surface area (Å²) >= 11 is 0. The molecule has 0 spiro atoms. The lowest BCUT2D eigenvalue weighted by molar-refractivity contribution is -0.144. The van der Waals surface area contributed by atoms with Crippen molar-refractivity contribution < 1.29 is 31.5 Å². The molecule has 2 fully saturated rings. The minimum absolute atomic E-state index is 0.0908. The van der Waals surface area contributed by atoms with Crippen LogP contribution in [0.1, 0.15) is 97.6 Å². The van der Waals surface area contributed by atoms with Gasteiger partial charge in [-0.05, 0) is 67.2 Å². The number of rotatable bonds is 10. The number of fused-ring (bicyclic) bond motifs is 1. The molecule has 2 aliphatic carbocycles. The van der Waals surface area contributed by atoms with Crippen LogP contribution in [0.25, 0.3) is 5.65 Å². The van der Waals surface area contributed by atoms with Crippen LogP contribution in [0.15, 0.2) is 42.7 Å². The predicted molar refractivity (Wildman–Crippen MR) is 145 cm³/mol. The van der Waals surface area contributed by atoms with Crippen molar-refractivity contribution >= 4 is 17.5 Å². The number of hydrogen-bond acceptors (Lipinski definition) is 4. The van der Waals surface area contributed by atoms with Gasteiger partial charge in [0.25, 0.3) is 5.91 Å². The molecule has 42 heavy (non-hydrogen) atoms. The van der Waals surface area contributed by atoms with Gasteiger partial charge in [0, 0.05) is 24.8 Å². The number of aromatic nitrogens is 3. The molecule has 226 valence electrons. The molecule has 0 radical (unpaired) electrons. The summed E-state index contributed by atoms with van der Waals surface area (Å²) in [4.78, 5) is 30.4. The molecular weight excluding hydrogens is 557 g/mol. The van der Waals surface area contributed by atoms with Crippen LogP contribution in [0.3, 0.4) is 0 Å². The van der Waals surface area contributed by atoms with Gasteiger partial charge in [0.15, 0.2) is 5.65 Å². The van der Waals surface area contributed by atoms with Crippen LogP contribution in [-0.2, 0) is 11.2 Å². The minimum atomic E-state index is -4.42. The van der Waals surface area contributed by atoms with Crippen LogP contribution in [0.5, 0.6) is 0 Å². The normalized spacial score (nSPS) is 18.9. The third-order valence-corrected chi connectivity index (χ3v) is 8.25. The number of alkyl halides is 5. The molecule has 0 bridgehead atoms. The van der Waals surface area contributed by atoms with Gasteiger partial charge in [0.05, 0.1) is 36.6 Å². The van der Waals surface area contributed by atoms with Crippen molar-refractivity contribution in [2.24, 2.45) is 11.8 Å². The van der Waals surface area contributed by atoms with Gasteiger partial charge in [-0.25, -0.2) is 18.3 Å². The first kappa shape index (κ1) is 29.9. The zero-order chi connectivity index (χ0) is 30.1. The number of carbonyl (C=O) groups is 2. The van der Waals surface area contributed by atoms with Crippen molar-refractivity contribution in [1.29, 1.82) is 0 Å². The van der Waals surface area contributed by atoms with Crippen molar-refractivity contribution in [2.75, 3.05) is 0 Å². The summed E-state index contributed by atoms with van der Waals surface area (Å²) in [5, 5.41) is 10.2. The Morgan fingerprint density at radius 2 is 1.74 bits per heavy atom. The number of halogens is 5. The number of amides is 2. The van der Waals surface area contributed by atoms with E-state index in [1.165, 1.54) is 4.52 Å². The van der Waals surface area contributed by atoms with Crippen molar-refractivity contribution in [1.82, 2.24) is 25.2 Å². The van der Waals surface area contributed by atoms with Crippen LogP contribution in [0.4, 0.5) is 22.0 Å². The molecule has 1 aromatic carbocycles. The van der Waals surface area contributed by atoms with Crippen molar-refractivity contribution in [2.45, 2.75) is 88.9 Å². The van der Waals surface area contributed by atoms with E-state index in [1.807, 2.05) is 19.1 Å². The number of carbonyl (C=O) groups excluding carboxylic acids is 2. The minimum Gasteiger partial charge on any atom is -0.349 e. The molecule has 12 heteroatoms. The van der Waals surface area contributed by atoms with E-state index in [1.54, 1.807) is 30.6 Å².